The molecule has 0 aliphatic carbocycles. The van der Waals surface area contributed by atoms with Crippen molar-refractivity contribution in [3.05, 3.63) is 29.8 Å². The third kappa shape index (κ3) is 3.53. The Hall–Kier alpha value is -1.06. The van der Waals surface area contributed by atoms with Crippen LogP contribution in [0.4, 0.5) is 5.69 Å². The second-order valence-corrected chi connectivity index (χ2v) is 3.45. The molecule has 0 aliphatic heterocycles. The zero-order valence-electron chi connectivity index (χ0n) is 9.57. The summed E-state index contributed by atoms with van der Waals surface area (Å²) in [6.07, 6.45) is 0. The predicted octanol–water partition coefficient (Wildman–Crippen LogP) is 1.62. The zero-order valence-corrected chi connectivity index (χ0v) is 9.57. The summed E-state index contributed by atoms with van der Waals surface area (Å²) in [6.45, 7) is 5.01. The molecular weight excluding hydrogens is 188 g/mol. The van der Waals surface area contributed by atoms with Crippen LogP contribution >= 0.6 is 0 Å². The Morgan fingerprint density at radius 1 is 1.33 bits per heavy atom. The van der Waals surface area contributed by atoms with Crippen LogP contribution in [0.1, 0.15) is 12.5 Å². The van der Waals surface area contributed by atoms with Crippen LogP contribution in [0.5, 0.6) is 0 Å². The van der Waals surface area contributed by atoms with Gasteiger partial charge in [-0.2, -0.15) is 0 Å². The molecule has 1 rings (SSSR count). The lowest BCUT2D eigenvalue weighted by molar-refractivity contribution is 0.154. The monoisotopic (exact) mass is 208 g/mol. The van der Waals surface area contributed by atoms with Crippen LogP contribution in [0.25, 0.3) is 0 Å². The van der Waals surface area contributed by atoms with E-state index in [0.717, 1.165) is 19.8 Å². The first-order chi connectivity index (χ1) is 7.29. The van der Waals surface area contributed by atoms with Gasteiger partial charge in [-0.25, -0.2) is 0 Å². The van der Waals surface area contributed by atoms with Gasteiger partial charge >= 0.3 is 0 Å². The normalized spacial score (nSPS) is 10.3. The van der Waals surface area contributed by atoms with Gasteiger partial charge in [-0.3, -0.25) is 0 Å². The first-order valence-corrected chi connectivity index (χ1v) is 5.36. The van der Waals surface area contributed by atoms with Gasteiger partial charge in [0.1, 0.15) is 0 Å². The standard InChI is InChI=1S/C12H20N2O/c1-3-15-9-8-14(2)12-7-5-4-6-11(12)10-13/h4-7H,3,8-10,13H2,1-2H3. The lowest BCUT2D eigenvalue weighted by atomic mass is 10.1. The van der Waals surface area contributed by atoms with E-state index >= 15 is 0 Å². The molecular formula is C12H20N2O. The number of para-hydroxylation sites is 1. The smallest absolute Gasteiger partial charge is 0.0641 e. The molecule has 15 heavy (non-hydrogen) atoms. The summed E-state index contributed by atoms with van der Waals surface area (Å²) in [4.78, 5) is 2.18. The molecule has 0 heterocycles. The van der Waals surface area contributed by atoms with Crippen molar-refractivity contribution in [2.24, 2.45) is 5.73 Å². The number of nitrogens with zero attached hydrogens (tertiary/aromatic N) is 1. The summed E-state index contributed by atoms with van der Waals surface area (Å²) in [5, 5.41) is 0. The molecule has 84 valence electrons. The van der Waals surface area contributed by atoms with Gasteiger partial charge in [0, 0.05) is 32.4 Å². The summed E-state index contributed by atoms with van der Waals surface area (Å²) < 4.78 is 5.33. The largest absolute Gasteiger partial charge is 0.380 e. The van der Waals surface area contributed by atoms with E-state index in [4.69, 9.17) is 10.5 Å². The van der Waals surface area contributed by atoms with Crippen molar-refractivity contribution >= 4 is 5.69 Å². The molecule has 0 saturated heterocycles. The van der Waals surface area contributed by atoms with E-state index in [1.807, 2.05) is 19.1 Å². The minimum atomic E-state index is 0.579. The molecule has 0 saturated carbocycles. The van der Waals surface area contributed by atoms with Crippen LogP contribution in [0.3, 0.4) is 0 Å². The number of rotatable bonds is 6. The lowest BCUT2D eigenvalue weighted by Crippen LogP contribution is -2.24. The van der Waals surface area contributed by atoms with Crippen LogP contribution in [0, 0.1) is 0 Å². The van der Waals surface area contributed by atoms with Crippen molar-refractivity contribution in [1.29, 1.82) is 0 Å². The van der Waals surface area contributed by atoms with Gasteiger partial charge in [0.25, 0.3) is 0 Å². The van der Waals surface area contributed by atoms with Crippen molar-refractivity contribution in [2.45, 2.75) is 13.5 Å². The van der Waals surface area contributed by atoms with Crippen LogP contribution in [-0.4, -0.2) is 26.8 Å². The molecule has 0 spiro atoms. The van der Waals surface area contributed by atoms with Gasteiger partial charge in [0.15, 0.2) is 0 Å². The molecule has 0 atom stereocenters. The summed E-state index contributed by atoms with van der Waals surface area (Å²) in [6, 6.07) is 8.20. The van der Waals surface area contributed by atoms with E-state index in [9.17, 15) is 0 Å². The fourth-order valence-electron chi connectivity index (χ4n) is 1.52. The van der Waals surface area contributed by atoms with Crippen molar-refractivity contribution in [3.8, 4) is 0 Å². The van der Waals surface area contributed by atoms with Gasteiger partial charge in [0.2, 0.25) is 0 Å². The summed E-state index contributed by atoms with van der Waals surface area (Å²) in [7, 11) is 2.06. The Labute approximate surface area is 91.8 Å². The molecule has 3 heteroatoms. The van der Waals surface area contributed by atoms with Crippen molar-refractivity contribution in [2.75, 3.05) is 31.7 Å². The molecule has 0 bridgehead atoms. The maximum absolute atomic E-state index is 5.69. The number of hydrogen-bond donors (Lipinski definition) is 1. The fourth-order valence-corrected chi connectivity index (χ4v) is 1.52. The lowest BCUT2D eigenvalue weighted by Gasteiger charge is -2.21. The van der Waals surface area contributed by atoms with Crippen molar-refractivity contribution in [1.82, 2.24) is 0 Å². The molecule has 0 unspecified atom stereocenters. The molecule has 1 aromatic carbocycles. The first-order valence-electron chi connectivity index (χ1n) is 5.36. The topological polar surface area (TPSA) is 38.5 Å². The second kappa shape index (κ2) is 6.43. The number of hydrogen-bond acceptors (Lipinski definition) is 3. The number of anilines is 1. The Kier molecular flexibility index (Phi) is 5.15. The Bertz CT molecular complexity index is 289. The third-order valence-electron chi connectivity index (χ3n) is 2.40. The van der Waals surface area contributed by atoms with E-state index in [0.29, 0.717) is 6.54 Å². The number of benzene rings is 1. The zero-order chi connectivity index (χ0) is 11.1. The fraction of sp³-hybridized carbons (Fsp3) is 0.500. The van der Waals surface area contributed by atoms with Gasteiger partial charge in [-0.15, -0.1) is 0 Å². The van der Waals surface area contributed by atoms with E-state index < -0.39 is 0 Å². The number of nitrogens with two attached hydrogens (primary N) is 1. The molecule has 3 nitrogen and oxygen atoms in total. The van der Waals surface area contributed by atoms with E-state index in [-0.39, 0.29) is 0 Å². The second-order valence-electron chi connectivity index (χ2n) is 3.45. The Balaban J connectivity index is 2.59. The number of ether oxygens (including phenoxy) is 1. The Morgan fingerprint density at radius 2 is 2.07 bits per heavy atom. The van der Waals surface area contributed by atoms with Crippen molar-refractivity contribution < 1.29 is 4.74 Å². The van der Waals surface area contributed by atoms with E-state index in [1.165, 1.54) is 11.3 Å². The molecule has 0 amide bonds. The van der Waals surface area contributed by atoms with Gasteiger partial charge in [0.05, 0.1) is 6.61 Å². The molecule has 0 aliphatic rings. The van der Waals surface area contributed by atoms with Gasteiger partial charge < -0.3 is 15.4 Å². The van der Waals surface area contributed by atoms with Crippen LogP contribution in [0.15, 0.2) is 24.3 Å². The highest BCUT2D eigenvalue weighted by molar-refractivity contribution is 5.52. The molecule has 0 fully saturated rings. The SMILES string of the molecule is CCOCCN(C)c1ccccc1CN. The minimum Gasteiger partial charge on any atom is -0.380 e. The summed E-state index contributed by atoms with van der Waals surface area (Å²) >= 11 is 0. The summed E-state index contributed by atoms with van der Waals surface area (Å²) in [5.74, 6) is 0. The molecule has 0 radical (unpaired) electrons. The average Bonchev–Trinajstić information content (AvgIpc) is 2.29. The van der Waals surface area contributed by atoms with Gasteiger partial charge in [-0.05, 0) is 18.6 Å². The average molecular weight is 208 g/mol. The Morgan fingerprint density at radius 3 is 2.73 bits per heavy atom. The predicted molar refractivity (Wildman–Crippen MR) is 64.1 cm³/mol. The van der Waals surface area contributed by atoms with Crippen LogP contribution < -0.4 is 10.6 Å². The van der Waals surface area contributed by atoms with E-state index in [2.05, 4.69) is 24.1 Å². The third-order valence-corrected chi connectivity index (χ3v) is 2.40. The highest BCUT2D eigenvalue weighted by Crippen LogP contribution is 2.17. The quantitative estimate of drug-likeness (QED) is 0.722. The molecule has 1 aromatic rings. The van der Waals surface area contributed by atoms with Crippen LogP contribution in [0.2, 0.25) is 0 Å². The van der Waals surface area contributed by atoms with Crippen LogP contribution in [-0.2, 0) is 11.3 Å². The minimum absolute atomic E-state index is 0.579. The molecule has 2 N–H and O–H groups in total. The van der Waals surface area contributed by atoms with Gasteiger partial charge in [-0.1, -0.05) is 18.2 Å². The molecule has 0 aromatic heterocycles. The maximum Gasteiger partial charge on any atom is 0.0641 e. The van der Waals surface area contributed by atoms with Crippen molar-refractivity contribution in [3.63, 3.8) is 0 Å². The first kappa shape index (κ1) is 12.0. The summed E-state index contributed by atoms with van der Waals surface area (Å²) in [5.41, 5.74) is 8.06. The number of likely N-dealkylation sites (N-methyl/N-ethyl adjacent to an activating group) is 1. The van der Waals surface area contributed by atoms with E-state index in [1.54, 1.807) is 0 Å². The maximum atomic E-state index is 5.69. The highest BCUT2D eigenvalue weighted by Gasteiger charge is 2.04. The highest BCUT2D eigenvalue weighted by atomic mass is 16.5.